The van der Waals surface area contributed by atoms with Crippen LogP contribution in [0.25, 0.3) is 0 Å². The minimum Gasteiger partial charge on any atom is -0.340 e. The van der Waals surface area contributed by atoms with Crippen molar-refractivity contribution >= 4 is 5.91 Å². The number of carbonyl (C=O) groups is 1. The normalized spacial score (nSPS) is 24.1. The molecule has 0 aliphatic heterocycles. The van der Waals surface area contributed by atoms with Crippen LogP contribution in [0.5, 0.6) is 0 Å². The summed E-state index contributed by atoms with van der Waals surface area (Å²) in [7, 11) is 0. The van der Waals surface area contributed by atoms with Crippen molar-refractivity contribution in [3.8, 4) is 0 Å². The Bertz CT molecular complexity index is 278. The number of rotatable bonds is 4. The smallest absolute Gasteiger partial charge is 0.224 e. The quantitative estimate of drug-likeness (QED) is 0.836. The van der Waals surface area contributed by atoms with Crippen LogP contribution in [0, 0.1) is 0 Å². The van der Waals surface area contributed by atoms with Crippen LogP contribution < -0.4 is 5.73 Å². The summed E-state index contributed by atoms with van der Waals surface area (Å²) in [5, 5.41) is 0. The third-order valence-electron chi connectivity index (χ3n) is 4.78. The first-order valence-corrected chi connectivity index (χ1v) is 7.73. The second-order valence-electron chi connectivity index (χ2n) is 6.22. The van der Waals surface area contributed by atoms with Gasteiger partial charge in [0.25, 0.3) is 0 Å². The molecule has 104 valence electrons. The van der Waals surface area contributed by atoms with Crippen LogP contribution in [0.15, 0.2) is 0 Å². The minimum atomic E-state index is -0.195. The van der Waals surface area contributed by atoms with Crippen molar-refractivity contribution in [1.82, 2.24) is 4.90 Å². The molecule has 0 aromatic rings. The summed E-state index contributed by atoms with van der Waals surface area (Å²) in [5.74, 6) is 0.300. The van der Waals surface area contributed by atoms with Crippen molar-refractivity contribution in [2.24, 2.45) is 5.73 Å². The molecule has 0 atom stereocenters. The zero-order valence-electron chi connectivity index (χ0n) is 11.8. The fraction of sp³-hybridized carbons (Fsp3) is 0.933. The van der Waals surface area contributed by atoms with Crippen molar-refractivity contribution in [3.05, 3.63) is 0 Å². The Kier molecular flexibility index (Phi) is 4.66. The Morgan fingerprint density at radius 3 is 2.33 bits per heavy atom. The first-order chi connectivity index (χ1) is 8.64. The summed E-state index contributed by atoms with van der Waals surface area (Å²) < 4.78 is 0. The molecule has 1 amide bonds. The molecule has 0 spiro atoms. The van der Waals surface area contributed by atoms with E-state index in [1.807, 2.05) is 0 Å². The van der Waals surface area contributed by atoms with Gasteiger partial charge in [0, 0.05) is 24.5 Å². The molecule has 0 saturated heterocycles. The largest absolute Gasteiger partial charge is 0.340 e. The van der Waals surface area contributed by atoms with E-state index >= 15 is 0 Å². The molecule has 0 bridgehead atoms. The maximum atomic E-state index is 12.5. The van der Waals surface area contributed by atoms with Gasteiger partial charge in [0.1, 0.15) is 0 Å². The zero-order chi connectivity index (χ0) is 13.0. The van der Waals surface area contributed by atoms with Gasteiger partial charge in [0.05, 0.1) is 0 Å². The zero-order valence-corrected chi connectivity index (χ0v) is 11.8. The lowest BCUT2D eigenvalue weighted by molar-refractivity contribution is -0.135. The van der Waals surface area contributed by atoms with E-state index in [1.54, 1.807) is 0 Å². The van der Waals surface area contributed by atoms with Gasteiger partial charge in [0.2, 0.25) is 5.91 Å². The van der Waals surface area contributed by atoms with Gasteiger partial charge in [-0.15, -0.1) is 0 Å². The Hall–Kier alpha value is -0.570. The van der Waals surface area contributed by atoms with Gasteiger partial charge in [0.15, 0.2) is 0 Å². The highest BCUT2D eigenvalue weighted by Gasteiger charge is 2.34. The Morgan fingerprint density at radius 2 is 1.78 bits per heavy atom. The predicted molar refractivity (Wildman–Crippen MR) is 74.3 cm³/mol. The summed E-state index contributed by atoms with van der Waals surface area (Å²) in [4.78, 5) is 14.6. The molecule has 2 saturated carbocycles. The van der Waals surface area contributed by atoms with Crippen molar-refractivity contribution < 1.29 is 4.79 Å². The Balaban J connectivity index is 1.92. The number of amides is 1. The maximum absolute atomic E-state index is 12.5. The number of nitrogens with two attached hydrogens (primary N) is 1. The van der Waals surface area contributed by atoms with Crippen molar-refractivity contribution in [3.63, 3.8) is 0 Å². The number of hydrogen-bond donors (Lipinski definition) is 1. The van der Waals surface area contributed by atoms with Crippen molar-refractivity contribution in [2.45, 2.75) is 82.7 Å². The van der Waals surface area contributed by atoms with E-state index < -0.39 is 0 Å². The molecule has 0 unspecified atom stereocenters. The summed E-state index contributed by atoms with van der Waals surface area (Å²) in [6.45, 7) is 2.95. The third kappa shape index (κ3) is 3.25. The molecule has 0 aromatic heterocycles. The molecule has 2 aliphatic carbocycles. The van der Waals surface area contributed by atoms with Gasteiger partial charge in [-0.25, -0.2) is 0 Å². The van der Waals surface area contributed by atoms with Gasteiger partial charge in [-0.2, -0.15) is 0 Å². The minimum absolute atomic E-state index is 0.195. The number of carbonyl (C=O) groups excluding carboxylic acids is 1. The molecule has 2 rings (SSSR count). The fourth-order valence-corrected chi connectivity index (χ4v) is 3.69. The topological polar surface area (TPSA) is 46.3 Å². The van der Waals surface area contributed by atoms with E-state index in [2.05, 4.69) is 11.8 Å². The van der Waals surface area contributed by atoms with E-state index in [9.17, 15) is 4.79 Å². The lowest BCUT2D eigenvalue weighted by atomic mass is 9.91. The van der Waals surface area contributed by atoms with E-state index in [-0.39, 0.29) is 5.54 Å². The average molecular weight is 252 g/mol. The van der Waals surface area contributed by atoms with Gasteiger partial charge < -0.3 is 10.6 Å². The van der Waals surface area contributed by atoms with Crippen LogP contribution in [0.4, 0.5) is 0 Å². The molecule has 18 heavy (non-hydrogen) atoms. The highest BCUT2D eigenvalue weighted by atomic mass is 16.2. The molecule has 2 fully saturated rings. The molecule has 0 radical (unpaired) electrons. The van der Waals surface area contributed by atoms with Gasteiger partial charge in [-0.3, -0.25) is 4.79 Å². The van der Waals surface area contributed by atoms with E-state index in [1.165, 1.54) is 44.9 Å². The highest BCUT2D eigenvalue weighted by Crippen LogP contribution is 2.31. The average Bonchev–Trinajstić information content (AvgIpc) is 2.78. The van der Waals surface area contributed by atoms with Crippen LogP contribution in [0.1, 0.15) is 71.1 Å². The third-order valence-corrected chi connectivity index (χ3v) is 4.78. The second kappa shape index (κ2) is 6.05. The molecular weight excluding hydrogens is 224 g/mol. The van der Waals surface area contributed by atoms with Gasteiger partial charge >= 0.3 is 0 Å². The van der Waals surface area contributed by atoms with Crippen LogP contribution >= 0.6 is 0 Å². The standard InChI is InChI=1S/C15H28N2O/c1-2-17(13-8-4-3-5-9-13)14(18)12-15(16)10-6-7-11-15/h13H,2-12,16H2,1H3. The molecule has 2 N–H and O–H groups in total. The van der Waals surface area contributed by atoms with Gasteiger partial charge in [-0.05, 0) is 32.6 Å². The Morgan fingerprint density at radius 1 is 1.17 bits per heavy atom. The summed E-state index contributed by atoms with van der Waals surface area (Å²) in [5.41, 5.74) is 6.14. The molecule has 3 nitrogen and oxygen atoms in total. The van der Waals surface area contributed by atoms with Crippen LogP contribution in [0.2, 0.25) is 0 Å². The molecule has 0 heterocycles. The van der Waals surface area contributed by atoms with Crippen LogP contribution in [0.3, 0.4) is 0 Å². The summed E-state index contributed by atoms with van der Waals surface area (Å²) in [6.07, 6.45) is 11.3. The molecule has 3 heteroatoms. The van der Waals surface area contributed by atoms with Crippen molar-refractivity contribution in [2.75, 3.05) is 6.54 Å². The first-order valence-electron chi connectivity index (χ1n) is 7.73. The molecule has 2 aliphatic rings. The summed E-state index contributed by atoms with van der Waals surface area (Å²) in [6, 6.07) is 0.487. The van der Waals surface area contributed by atoms with E-state index in [4.69, 9.17) is 5.73 Å². The molecular formula is C15H28N2O. The Labute approximate surface area is 111 Å². The van der Waals surface area contributed by atoms with Gasteiger partial charge in [-0.1, -0.05) is 32.1 Å². The lowest BCUT2D eigenvalue weighted by Crippen LogP contribution is -2.47. The SMILES string of the molecule is CCN(C(=O)CC1(N)CCCC1)C1CCCCC1. The monoisotopic (exact) mass is 252 g/mol. The lowest BCUT2D eigenvalue weighted by Gasteiger charge is -2.36. The van der Waals surface area contributed by atoms with E-state index in [0.717, 1.165) is 19.4 Å². The predicted octanol–water partition coefficient (Wildman–Crippen LogP) is 2.83. The second-order valence-corrected chi connectivity index (χ2v) is 6.22. The first kappa shape index (κ1) is 13.9. The fourth-order valence-electron chi connectivity index (χ4n) is 3.69. The number of hydrogen-bond acceptors (Lipinski definition) is 2. The highest BCUT2D eigenvalue weighted by molar-refractivity contribution is 5.77. The number of nitrogens with zero attached hydrogens (tertiary/aromatic N) is 1. The maximum Gasteiger partial charge on any atom is 0.224 e. The van der Waals surface area contributed by atoms with Crippen LogP contribution in [-0.2, 0) is 4.79 Å². The summed E-state index contributed by atoms with van der Waals surface area (Å²) >= 11 is 0. The van der Waals surface area contributed by atoms with E-state index in [0.29, 0.717) is 18.4 Å². The van der Waals surface area contributed by atoms with Crippen LogP contribution in [-0.4, -0.2) is 28.9 Å². The molecule has 0 aromatic carbocycles. The van der Waals surface area contributed by atoms with Crippen molar-refractivity contribution in [1.29, 1.82) is 0 Å².